The van der Waals surface area contributed by atoms with Crippen molar-refractivity contribution in [1.82, 2.24) is 14.7 Å². The summed E-state index contributed by atoms with van der Waals surface area (Å²) < 4.78 is 1.60. The maximum atomic E-state index is 12.7. The summed E-state index contributed by atoms with van der Waals surface area (Å²) in [5.74, 6) is -0.982. The second kappa shape index (κ2) is 5.50. The molecule has 0 bridgehead atoms. The van der Waals surface area contributed by atoms with Gasteiger partial charge in [-0.3, -0.25) is 14.3 Å². The molecule has 21 heavy (non-hydrogen) atoms. The molecule has 0 aliphatic carbocycles. The molecular formula is C15H23N3O3. The van der Waals surface area contributed by atoms with Crippen LogP contribution >= 0.6 is 0 Å². The quantitative estimate of drug-likeness (QED) is 0.922. The summed E-state index contributed by atoms with van der Waals surface area (Å²) in [5, 5.41) is 13.4. The van der Waals surface area contributed by atoms with E-state index in [2.05, 4.69) is 5.10 Å². The number of carbonyl (C=O) groups excluding carboxylic acids is 1. The molecule has 1 aromatic heterocycles. The highest BCUT2D eigenvalue weighted by Crippen LogP contribution is 2.25. The molecule has 1 aromatic rings. The molecule has 1 N–H and O–H groups in total. The molecule has 1 aliphatic rings. The minimum absolute atomic E-state index is 0.00964. The van der Waals surface area contributed by atoms with E-state index in [1.807, 2.05) is 26.8 Å². The fourth-order valence-electron chi connectivity index (χ4n) is 2.70. The fraction of sp³-hybridized carbons (Fsp3) is 0.667. The van der Waals surface area contributed by atoms with Crippen LogP contribution in [0.15, 0.2) is 6.07 Å². The van der Waals surface area contributed by atoms with Crippen LogP contribution in [0.25, 0.3) is 0 Å². The number of nitrogens with zero attached hydrogens (tertiary/aromatic N) is 3. The van der Waals surface area contributed by atoms with Crippen LogP contribution in [0.5, 0.6) is 0 Å². The standard InChI is InChI=1S/C15H23N3O3/c1-15(2,3)12-9-11(17(4)16-12)14(21)18-7-5-6-10(18)8-13(19)20/h9-10H,5-8H2,1-4H3,(H,19,20). The number of carboxylic acids is 1. The Morgan fingerprint density at radius 2 is 2.10 bits per heavy atom. The van der Waals surface area contributed by atoms with E-state index in [1.165, 1.54) is 0 Å². The number of hydrogen-bond acceptors (Lipinski definition) is 3. The minimum atomic E-state index is -0.861. The van der Waals surface area contributed by atoms with Gasteiger partial charge in [0, 0.05) is 25.0 Å². The molecule has 1 saturated heterocycles. The van der Waals surface area contributed by atoms with Gasteiger partial charge in [-0.05, 0) is 18.9 Å². The van der Waals surface area contributed by atoms with Gasteiger partial charge < -0.3 is 10.0 Å². The number of rotatable bonds is 3. The predicted octanol–water partition coefficient (Wildman–Crippen LogP) is 1.80. The molecule has 0 saturated carbocycles. The summed E-state index contributed by atoms with van der Waals surface area (Å²) >= 11 is 0. The Balaban J connectivity index is 2.23. The number of aromatic nitrogens is 2. The second-order valence-corrected chi connectivity index (χ2v) is 6.68. The summed E-state index contributed by atoms with van der Waals surface area (Å²) in [6, 6.07) is 1.61. The number of carboxylic acid groups (broad SMARTS) is 1. The third-order valence-electron chi connectivity index (χ3n) is 3.92. The Morgan fingerprint density at radius 1 is 1.43 bits per heavy atom. The Morgan fingerprint density at radius 3 is 2.62 bits per heavy atom. The van der Waals surface area contributed by atoms with Crippen LogP contribution < -0.4 is 0 Å². The highest BCUT2D eigenvalue weighted by Gasteiger charge is 2.33. The number of hydrogen-bond donors (Lipinski definition) is 1. The maximum Gasteiger partial charge on any atom is 0.305 e. The number of aliphatic carboxylic acids is 1. The molecule has 0 aromatic carbocycles. The molecule has 1 unspecified atom stereocenters. The van der Waals surface area contributed by atoms with E-state index in [0.29, 0.717) is 12.2 Å². The Labute approximate surface area is 124 Å². The number of amides is 1. The average Bonchev–Trinajstić information content (AvgIpc) is 2.93. The number of carbonyl (C=O) groups is 2. The molecule has 2 heterocycles. The van der Waals surface area contributed by atoms with Crippen molar-refractivity contribution >= 4 is 11.9 Å². The van der Waals surface area contributed by atoms with Crippen LogP contribution in [0.4, 0.5) is 0 Å². The van der Waals surface area contributed by atoms with Crippen molar-refractivity contribution in [1.29, 1.82) is 0 Å². The Kier molecular flexibility index (Phi) is 4.07. The molecule has 116 valence electrons. The summed E-state index contributed by atoms with van der Waals surface area (Å²) in [7, 11) is 1.75. The SMILES string of the molecule is Cn1nc(C(C)(C)C)cc1C(=O)N1CCCC1CC(=O)O. The molecular weight excluding hydrogens is 270 g/mol. The van der Waals surface area contributed by atoms with Gasteiger partial charge in [-0.2, -0.15) is 5.10 Å². The van der Waals surface area contributed by atoms with Crippen LogP contribution in [-0.4, -0.2) is 44.3 Å². The van der Waals surface area contributed by atoms with Gasteiger partial charge in [0.25, 0.3) is 5.91 Å². The topological polar surface area (TPSA) is 75.4 Å². The van der Waals surface area contributed by atoms with Crippen LogP contribution in [0.1, 0.15) is 56.2 Å². The van der Waals surface area contributed by atoms with Crippen LogP contribution in [0.2, 0.25) is 0 Å². The molecule has 0 radical (unpaired) electrons. The smallest absolute Gasteiger partial charge is 0.305 e. The first-order valence-corrected chi connectivity index (χ1v) is 7.27. The van der Waals surface area contributed by atoms with E-state index in [-0.39, 0.29) is 23.8 Å². The van der Waals surface area contributed by atoms with Crippen molar-refractivity contribution in [3.63, 3.8) is 0 Å². The van der Waals surface area contributed by atoms with E-state index < -0.39 is 5.97 Å². The molecule has 6 nitrogen and oxygen atoms in total. The highest BCUT2D eigenvalue weighted by molar-refractivity contribution is 5.93. The van der Waals surface area contributed by atoms with Crippen molar-refractivity contribution in [3.8, 4) is 0 Å². The van der Waals surface area contributed by atoms with Gasteiger partial charge in [0.15, 0.2) is 0 Å². The Hall–Kier alpha value is -1.85. The summed E-state index contributed by atoms with van der Waals surface area (Å²) in [5.41, 5.74) is 1.27. The summed E-state index contributed by atoms with van der Waals surface area (Å²) in [4.78, 5) is 25.3. The van der Waals surface area contributed by atoms with Gasteiger partial charge in [-0.15, -0.1) is 0 Å². The molecule has 2 rings (SSSR count). The van der Waals surface area contributed by atoms with Gasteiger partial charge in [-0.1, -0.05) is 20.8 Å². The van der Waals surface area contributed by atoms with E-state index in [9.17, 15) is 9.59 Å². The van der Waals surface area contributed by atoms with Crippen LogP contribution in [-0.2, 0) is 17.3 Å². The first kappa shape index (κ1) is 15.5. The zero-order valence-corrected chi connectivity index (χ0v) is 13.1. The van der Waals surface area contributed by atoms with E-state index in [0.717, 1.165) is 18.5 Å². The lowest BCUT2D eigenvalue weighted by atomic mass is 9.92. The largest absolute Gasteiger partial charge is 0.481 e. The lowest BCUT2D eigenvalue weighted by molar-refractivity contribution is -0.137. The zero-order valence-electron chi connectivity index (χ0n) is 13.1. The van der Waals surface area contributed by atoms with Crippen molar-refractivity contribution in [2.24, 2.45) is 7.05 Å². The van der Waals surface area contributed by atoms with Crippen LogP contribution in [0, 0.1) is 0 Å². The van der Waals surface area contributed by atoms with Gasteiger partial charge >= 0.3 is 5.97 Å². The van der Waals surface area contributed by atoms with Gasteiger partial charge in [-0.25, -0.2) is 0 Å². The van der Waals surface area contributed by atoms with Gasteiger partial charge in [0.2, 0.25) is 0 Å². The molecule has 1 aliphatic heterocycles. The first-order valence-electron chi connectivity index (χ1n) is 7.27. The average molecular weight is 293 g/mol. The van der Waals surface area contributed by atoms with Crippen molar-refractivity contribution < 1.29 is 14.7 Å². The number of aryl methyl sites for hydroxylation is 1. The first-order chi connectivity index (χ1) is 9.70. The van der Waals surface area contributed by atoms with Gasteiger partial charge in [0.05, 0.1) is 12.1 Å². The van der Waals surface area contributed by atoms with Crippen LogP contribution in [0.3, 0.4) is 0 Å². The van der Waals surface area contributed by atoms with E-state index in [1.54, 1.807) is 16.6 Å². The molecule has 6 heteroatoms. The molecule has 1 fully saturated rings. The summed E-state index contributed by atoms with van der Waals surface area (Å²) in [6.45, 7) is 6.76. The van der Waals surface area contributed by atoms with Crippen molar-refractivity contribution in [2.45, 2.75) is 51.5 Å². The lowest BCUT2D eigenvalue weighted by Crippen LogP contribution is -2.37. The molecule has 1 atom stereocenters. The monoisotopic (exact) mass is 293 g/mol. The zero-order chi connectivity index (χ0) is 15.8. The number of likely N-dealkylation sites (tertiary alicyclic amines) is 1. The van der Waals surface area contributed by atoms with Crippen molar-refractivity contribution in [3.05, 3.63) is 17.5 Å². The maximum absolute atomic E-state index is 12.7. The lowest BCUT2D eigenvalue weighted by Gasteiger charge is -2.23. The fourth-order valence-corrected chi connectivity index (χ4v) is 2.70. The highest BCUT2D eigenvalue weighted by atomic mass is 16.4. The van der Waals surface area contributed by atoms with E-state index in [4.69, 9.17) is 5.11 Å². The molecule has 0 spiro atoms. The molecule has 1 amide bonds. The normalized spacial score (nSPS) is 19.0. The Bertz CT molecular complexity index is 557. The summed E-state index contributed by atoms with van der Waals surface area (Å²) in [6.07, 6.45) is 1.62. The third-order valence-corrected chi connectivity index (χ3v) is 3.92. The third kappa shape index (κ3) is 3.25. The second-order valence-electron chi connectivity index (χ2n) is 6.68. The predicted molar refractivity (Wildman–Crippen MR) is 78.2 cm³/mol. The van der Waals surface area contributed by atoms with E-state index >= 15 is 0 Å². The van der Waals surface area contributed by atoms with Crippen molar-refractivity contribution in [2.75, 3.05) is 6.54 Å². The van der Waals surface area contributed by atoms with Gasteiger partial charge in [0.1, 0.15) is 5.69 Å². The minimum Gasteiger partial charge on any atom is -0.481 e.